The molecule has 2 fully saturated rings. The highest BCUT2D eigenvalue weighted by Crippen LogP contribution is 2.40. The number of nitrogens with two attached hydrogens (primary N) is 1. The van der Waals surface area contributed by atoms with Gasteiger partial charge in [0.25, 0.3) is 0 Å². The Hall–Kier alpha value is -0.540. The Morgan fingerprint density at radius 2 is 1.88 bits per heavy atom. The molecular formula is C14H17Cl2F3N2O2S. The fourth-order valence-electron chi connectivity index (χ4n) is 3.49. The lowest BCUT2D eigenvalue weighted by molar-refractivity contribution is -0.137. The molecule has 2 N–H and O–H groups in total. The second-order valence-electron chi connectivity index (χ2n) is 6.13. The number of hydrogen-bond acceptors (Lipinski definition) is 3. The number of rotatable bonds is 2. The largest absolute Gasteiger partial charge is 0.416 e. The van der Waals surface area contributed by atoms with E-state index in [2.05, 4.69) is 0 Å². The number of benzene rings is 1. The van der Waals surface area contributed by atoms with Gasteiger partial charge in [-0.1, -0.05) is 11.6 Å². The van der Waals surface area contributed by atoms with E-state index in [1.165, 1.54) is 4.31 Å². The Morgan fingerprint density at radius 3 is 2.42 bits per heavy atom. The van der Waals surface area contributed by atoms with Crippen molar-refractivity contribution in [1.82, 2.24) is 4.31 Å². The zero-order chi connectivity index (χ0) is 17.0. The third-order valence-electron chi connectivity index (χ3n) is 4.76. The molecule has 3 unspecified atom stereocenters. The Balaban J connectivity index is 0.00000208. The predicted molar refractivity (Wildman–Crippen MR) is 86.7 cm³/mol. The predicted octanol–water partition coefficient (Wildman–Crippen LogP) is 3.14. The fraction of sp³-hybridized carbons (Fsp3) is 0.571. The number of fused-ring (bicyclic) bond motifs is 1. The summed E-state index contributed by atoms with van der Waals surface area (Å²) in [5.74, 6) is 0.325. The molecule has 1 heterocycles. The SMILES string of the molecule is Cl.NC1CCC2CN(S(=O)(=O)c3ccc(C(F)(F)F)cc3Cl)CC12. The van der Waals surface area contributed by atoms with E-state index in [4.69, 9.17) is 17.3 Å². The summed E-state index contributed by atoms with van der Waals surface area (Å²) in [6.07, 6.45) is -2.81. The maximum atomic E-state index is 12.7. The second kappa shape index (κ2) is 6.64. The highest BCUT2D eigenvalue weighted by atomic mass is 35.5. The van der Waals surface area contributed by atoms with Crippen molar-refractivity contribution in [1.29, 1.82) is 0 Å². The van der Waals surface area contributed by atoms with Crippen LogP contribution in [0.15, 0.2) is 23.1 Å². The fourth-order valence-corrected chi connectivity index (χ4v) is 5.54. The van der Waals surface area contributed by atoms with Crippen LogP contribution < -0.4 is 5.73 Å². The summed E-state index contributed by atoms with van der Waals surface area (Å²) >= 11 is 5.82. The summed E-state index contributed by atoms with van der Waals surface area (Å²) in [5, 5.41) is -0.416. The molecule has 1 aromatic carbocycles. The molecule has 0 amide bonds. The molecule has 1 aliphatic carbocycles. The van der Waals surface area contributed by atoms with Crippen LogP contribution in [0.25, 0.3) is 0 Å². The van der Waals surface area contributed by atoms with Gasteiger partial charge in [0, 0.05) is 19.1 Å². The van der Waals surface area contributed by atoms with Gasteiger partial charge in [-0.05, 0) is 42.9 Å². The van der Waals surface area contributed by atoms with Gasteiger partial charge in [0.05, 0.1) is 10.6 Å². The van der Waals surface area contributed by atoms with Crippen molar-refractivity contribution >= 4 is 34.0 Å². The molecule has 10 heteroatoms. The quantitative estimate of drug-likeness (QED) is 0.823. The first-order chi connectivity index (χ1) is 10.6. The molecule has 1 saturated carbocycles. The van der Waals surface area contributed by atoms with Crippen molar-refractivity contribution < 1.29 is 21.6 Å². The van der Waals surface area contributed by atoms with E-state index in [0.29, 0.717) is 19.2 Å². The number of hydrogen-bond donors (Lipinski definition) is 1. The van der Waals surface area contributed by atoms with Crippen molar-refractivity contribution in [2.24, 2.45) is 17.6 Å². The van der Waals surface area contributed by atoms with Crippen LogP contribution in [0.1, 0.15) is 18.4 Å². The minimum atomic E-state index is -4.57. The normalized spacial score (nSPS) is 27.8. The van der Waals surface area contributed by atoms with Crippen molar-refractivity contribution in [3.05, 3.63) is 28.8 Å². The Morgan fingerprint density at radius 1 is 1.21 bits per heavy atom. The summed E-state index contributed by atoms with van der Waals surface area (Å²) < 4.78 is 64.6. The van der Waals surface area contributed by atoms with Crippen LogP contribution in [0.5, 0.6) is 0 Å². The molecule has 0 radical (unpaired) electrons. The molecular weight excluding hydrogens is 388 g/mol. The molecule has 1 saturated heterocycles. The smallest absolute Gasteiger partial charge is 0.327 e. The van der Waals surface area contributed by atoms with E-state index < -0.39 is 26.8 Å². The highest BCUT2D eigenvalue weighted by Gasteiger charge is 2.45. The Labute approximate surface area is 149 Å². The maximum absolute atomic E-state index is 12.7. The first-order valence-electron chi connectivity index (χ1n) is 7.23. The van der Waals surface area contributed by atoms with E-state index in [-0.39, 0.29) is 35.2 Å². The van der Waals surface area contributed by atoms with E-state index in [0.717, 1.165) is 25.0 Å². The van der Waals surface area contributed by atoms with Crippen molar-refractivity contribution in [2.75, 3.05) is 13.1 Å². The summed E-state index contributed by atoms with van der Waals surface area (Å²) in [6.45, 7) is 0.642. The third-order valence-corrected chi connectivity index (χ3v) is 7.07. The molecule has 1 aromatic rings. The number of halogens is 5. The van der Waals surface area contributed by atoms with Gasteiger partial charge >= 0.3 is 6.18 Å². The molecule has 3 rings (SSSR count). The van der Waals surface area contributed by atoms with Crippen LogP contribution in [-0.4, -0.2) is 31.9 Å². The van der Waals surface area contributed by atoms with Crippen molar-refractivity contribution in [3.8, 4) is 0 Å². The number of alkyl halides is 3. The summed E-state index contributed by atoms with van der Waals surface area (Å²) in [5.41, 5.74) is 5.02. The highest BCUT2D eigenvalue weighted by molar-refractivity contribution is 7.89. The molecule has 0 spiro atoms. The molecule has 0 aromatic heterocycles. The van der Waals surface area contributed by atoms with Crippen LogP contribution in [0.3, 0.4) is 0 Å². The van der Waals surface area contributed by atoms with E-state index in [1.807, 2.05) is 0 Å². The van der Waals surface area contributed by atoms with Gasteiger partial charge in [0.15, 0.2) is 0 Å². The van der Waals surface area contributed by atoms with Gasteiger partial charge in [-0.25, -0.2) is 8.42 Å². The van der Waals surface area contributed by atoms with E-state index >= 15 is 0 Å². The van der Waals surface area contributed by atoms with Gasteiger partial charge < -0.3 is 5.73 Å². The van der Waals surface area contributed by atoms with Crippen LogP contribution in [0, 0.1) is 11.8 Å². The lowest BCUT2D eigenvalue weighted by atomic mass is 9.98. The van der Waals surface area contributed by atoms with Crippen molar-refractivity contribution in [2.45, 2.75) is 30.0 Å². The monoisotopic (exact) mass is 404 g/mol. The van der Waals surface area contributed by atoms with Gasteiger partial charge in [0.1, 0.15) is 4.90 Å². The molecule has 0 bridgehead atoms. The zero-order valence-electron chi connectivity index (χ0n) is 12.5. The molecule has 4 nitrogen and oxygen atoms in total. The average molecular weight is 405 g/mol. The molecule has 3 atom stereocenters. The summed E-state index contributed by atoms with van der Waals surface area (Å²) in [4.78, 5) is -0.291. The van der Waals surface area contributed by atoms with Crippen LogP contribution in [0.4, 0.5) is 13.2 Å². The number of sulfonamides is 1. The van der Waals surface area contributed by atoms with Gasteiger partial charge in [0.2, 0.25) is 10.0 Å². The lowest BCUT2D eigenvalue weighted by Gasteiger charge is -2.20. The first kappa shape index (κ1) is 19.8. The lowest BCUT2D eigenvalue weighted by Crippen LogP contribution is -2.33. The average Bonchev–Trinajstić information content (AvgIpc) is 3.00. The topological polar surface area (TPSA) is 63.4 Å². The third kappa shape index (κ3) is 3.39. The van der Waals surface area contributed by atoms with E-state index in [9.17, 15) is 21.6 Å². The van der Waals surface area contributed by atoms with Crippen LogP contribution >= 0.6 is 24.0 Å². The number of nitrogens with zero attached hydrogens (tertiary/aromatic N) is 1. The molecule has 24 heavy (non-hydrogen) atoms. The van der Waals surface area contributed by atoms with E-state index in [1.54, 1.807) is 0 Å². The van der Waals surface area contributed by atoms with Gasteiger partial charge in [-0.3, -0.25) is 0 Å². The summed E-state index contributed by atoms with van der Waals surface area (Å²) in [7, 11) is -3.92. The van der Waals surface area contributed by atoms with Gasteiger partial charge in [-0.15, -0.1) is 12.4 Å². The van der Waals surface area contributed by atoms with Crippen LogP contribution in [-0.2, 0) is 16.2 Å². The van der Waals surface area contributed by atoms with Crippen molar-refractivity contribution in [3.63, 3.8) is 0 Å². The maximum Gasteiger partial charge on any atom is 0.416 e. The van der Waals surface area contributed by atoms with Crippen LogP contribution in [0.2, 0.25) is 5.02 Å². The minimum Gasteiger partial charge on any atom is -0.327 e. The standard InChI is InChI=1S/C14H16ClF3N2O2S.ClH/c15-11-5-9(14(16,17)18)2-4-13(11)23(21,22)20-6-8-1-3-12(19)10(8)7-20;/h2,4-5,8,10,12H,1,3,6-7,19H2;1H. The second-order valence-corrected chi connectivity index (χ2v) is 8.44. The van der Waals surface area contributed by atoms with Gasteiger partial charge in [-0.2, -0.15) is 17.5 Å². The molecule has 1 aliphatic heterocycles. The zero-order valence-corrected chi connectivity index (χ0v) is 14.9. The Kier molecular flexibility index (Phi) is 5.47. The molecule has 2 aliphatic rings. The molecule has 136 valence electrons. The minimum absolute atomic E-state index is 0. The first-order valence-corrected chi connectivity index (χ1v) is 9.05. The summed E-state index contributed by atoms with van der Waals surface area (Å²) in [6, 6.07) is 2.29. The Bertz CT molecular complexity index is 727.